The van der Waals surface area contributed by atoms with E-state index in [1.807, 2.05) is 0 Å². The van der Waals surface area contributed by atoms with E-state index in [1.54, 1.807) is 0 Å². The fourth-order valence-electron chi connectivity index (χ4n) is 2.14. The van der Waals surface area contributed by atoms with Crippen molar-refractivity contribution in [3.05, 3.63) is 0 Å². The number of nitrogens with one attached hydrogen (secondary N) is 1. The Morgan fingerprint density at radius 3 is 2.93 bits per heavy atom. The zero-order chi connectivity index (χ0) is 11.3. The van der Waals surface area contributed by atoms with Crippen LogP contribution in [0.15, 0.2) is 0 Å². The van der Waals surface area contributed by atoms with E-state index < -0.39 is 0 Å². The third kappa shape index (κ3) is 3.15. The van der Waals surface area contributed by atoms with Crippen LogP contribution in [0.5, 0.6) is 0 Å². The summed E-state index contributed by atoms with van der Waals surface area (Å²) in [5.41, 5.74) is 2.22. The van der Waals surface area contributed by atoms with Crippen LogP contribution in [0.2, 0.25) is 0 Å². The number of carbonyl (C=O) groups is 1. The second-order valence-electron chi connectivity index (χ2n) is 4.15. The molecule has 1 heterocycles. The Balaban J connectivity index is 2.53. The maximum atomic E-state index is 11.5. The second kappa shape index (κ2) is 6.05. The van der Waals surface area contributed by atoms with E-state index >= 15 is 0 Å². The summed E-state index contributed by atoms with van der Waals surface area (Å²) in [5.74, 6) is 5.36. The number of aliphatic hydroxyl groups is 1. The third-order valence-electron chi connectivity index (χ3n) is 3.02. The third-order valence-corrected chi connectivity index (χ3v) is 3.02. The second-order valence-corrected chi connectivity index (χ2v) is 4.15. The number of aliphatic hydroxyl groups excluding tert-OH is 1. The van der Waals surface area contributed by atoms with Crippen molar-refractivity contribution in [3.63, 3.8) is 0 Å². The summed E-state index contributed by atoms with van der Waals surface area (Å²) in [5, 5.41) is 9.04. The van der Waals surface area contributed by atoms with E-state index in [-0.39, 0.29) is 18.6 Å². The molecule has 2 unspecified atom stereocenters. The number of amides is 1. The molecule has 2 atom stereocenters. The first kappa shape index (κ1) is 12.4. The number of carbonyl (C=O) groups excluding carboxylic acids is 1. The fraction of sp³-hybridized carbons (Fsp3) is 0.900. The summed E-state index contributed by atoms with van der Waals surface area (Å²) in [6, 6.07) is -0.128. The van der Waals surface area contributed by atoms with E-state index in [0.29, 0.717) is 5.92 Å². The summed E-state index contributed by atoms with van der Waals surface area (Å²) >= 11 is 0. The highest BCUT2D eigenvalue weighted by Gasteiger charge is 2.31. The minimum Gasteiger partial charge on any atom is -0.396 e. The van der Waals surface area contributed by atoms with Gasteiger partial charge in [-0.25, -0.2) is 5.84 Å². The molecule has 5 nitrogen and oxygen atoms in total. The first-order valence-electron chi connectivity index (χ1n) is 5.58. The quantitative estimate of drug-likeness (QED) is 0.327. The normalized spacial score (nSPS) is 24.1. The molecular formula is C10H21N3O2. The number of rotatable bonds is 5. The molecule has 1 rings (SSSR count). The maximum absolute atomic E-state index is 11.5. The van der Waals surface area contributed by atoms with Crippen molar-refractivity contribution in [1.29, 1.82) is 0 Å². The Labute approximate surface area is 90.6 Å². The summed E-state index contributed by atoms with van der Waals surface area (Å²) < 4.78 is 0. The monoisotopic (exact) mass is 215 g/mol. The van der Waals surface area contributed by atoms with Gasteiger partial charge in [0.25, 0.3) is 5.91 Å². The van der Waals surface area contributed by atoms with Gasteiger partial charge in [-0.2, -0.15) is 0 Å². The fourth-order valence-corrected chi connectivity index (χ4v) is 2.14. The number of nitrogens with two attached hydrogens (primary N) is 1. The van der Waals surface area contributed by atoms with E-state index in [9.17, 15) is 4.79 Å². The Morgan fingerprint density at radius 1 is 1.73 bits per heavy atom. The lowest BCUT2D eigenvalue weighted by atomic mass is 10.1. The molecule has 0 saturated carbocycles. The van der Waals surface area contributed by atoms with Crippen LogP contribution in [0.3, 0.4) is 0 Å². The van der Waals surface area contributed by atoms with Crippen molar-refractivity contribution in [1.82, 2.24) is 10.3 Å². The molecule has 88 valence electrons. The molecule has 15 heavy (non-hydrogen) atoms. The minimum absolute atomic E-state index is 0.115. The van der Waals surface area contributed by atoms with Gasteiger partial charge in [-0.1, -0.05) is 13.3 Å². The molecule has 0 aromatic heterocycles. The zero-order valence-corrected chi connectivity index (χ0v) is 9.28. The molecule has 1 aliphatic heterocycles. The SMILES string of the molecule is CCCC(C(=O)NN)N1CCC(CO)C1. The number of hydrogen-bond acceptors (Lipinski definition) is 4. The topological polar surface area (TPSA) is 78.6 Å². The van der Waals surface area contributed by atoms with Gasteiger partial charge in [0.1, 0.15) is 0 Å². The van der Waals surface area contributed by atoms with Gasteiger partial charge < -0.3 is 5.11 Å². The van der Waals surface area contributed by atoms with Crippen LogP contribution in [-0.2, 0) is 4.79 Å². The van der Waals surface area contributed by atoms with E-state index in [4.69, 9.17) is 10.9 Å². The average Bonchev–Trinajstić information content (AvgIpc) is 2.73. The van der Waals surface area contributed by atoms with E-state index in [0.717, 1.165) is 32.4 Å². The molecule has 1 amide bonds. The number of hydrazine groups is 1. The highest BCUT2D eigenvalue weighted by atomic mass is 16.3. The van der Waals surface area contributed by atoms with Crippen molar-refractivity contribution in [2.45, 2.75) is 32.2 Å². The van der Waals surface area contributed by atoms with Gasteiger partial charge in [-0.3, -0.25) is 15.1 Å². The van der Waals surface area contributed by atoms with Gasteiger partial charge in [-0.05, 0) is 25.3 Å². The van der Waals surface area contributed by atoms with E-state index in [2.05, 4.69) is 17.2 Å². The summed E-state index contributed by atoms with van der Waals surface area (Å²) in [4.78, 5) is 13.7. The summed E-state index contributed by atoms with van der Waals surface area (Å²) in [6.07, 6.45) is 2.74. The Kier molecular flexibility index (Phi) is 5.01. The van der Waals surface area contributed by atoms with Crippen LogP contribution < -0.4 is 11.3 Å². The predicted molar refractivity (Wildman–Crippen MR) is 57.8 cm³/mol. The van der Waals surface area contributed by atoms with Crippen LogP contribution in [0, 0.1) is 5.92 Å². The van der Waals surface area contributed by atoms with Crippen molar-refractivity contribution >= 4 is 5.91 Å². The highest BCUT2D eigenvalue weighted by Crippen LogP contribution is 2.20. The minimum atomic E-state index is -0.128. The molecule has 5 heteroatoms. The molecule has 0 aromatic rings. The summed E-state index contributed by atoms with van der Waals surface area (Å²) in [6.45, 7) is 3.94. The Morgan fingerprint density at radius 2 is 2.47 bits per heavy atom. The lowest BCUT2D eigenvalue weighted by Crippen LogP contribution is -2.48. The Bertz CT molecular complexity index is 211. The van der Waals surface area contributed by atoms with E-state index in [1.165, 1.54) is 0 Å². The van der Waals surface area contributed by atoms with Gasteiger partial charge in [-0.15, -0.1) is 0 Å². The van der Waals surface area contributed by atoms with Crippen molar-refractivity contribution in [2.24, 2.45) is 11.8 Å². The molecule has 1 saturated heterocycles. The summed E-state index contributed by atoms with van der Waals surface area (Å²) in [7, 11) is 0. The van der Waals surface area contributed by atoms with Crippen molar-refractivity contribution in [3.8, 4) is 0 Å². The smallest absolute Gasteiger partial charge is 0.251 e. The first-order chi connectivity index (χ1) is 7.22. The molecule has 0 spiro atoms. The molecule has 1 aliphatic rings. The van der Waals surface area contributed by atoms with Gasteiger partial charge in [0.2, 0.25) is 0 Å². The molecule has 4 N–H and O–H groups in total. The van der Waals surface area contributed by atoms with Gasteiger partial charge in [0, 0.05) is 13.2 Å². The molecular weight excluding hydrogens is 194 g/mol. The lowest BCUT2D eigenvalue weighted by molar-refractivity contribution is -0.126. The number of hydrogen-bond donors (Lipinski definition) is 3. The molecule has 1 fully saturated rings. The van der Waals surface area contributed by atoms with Crippen molar-refractivity contribution in [2.75, 3.05) is 19.7 Å². The molecule has 0 aliphatic carbocycles. The van der Waals surface area contributed by atoms with Gasteiger partial charge >= 0.3 is 0 Å². The van der Waals surface area contributed by atoms with Gasteiger partial charge in [0.15, 0.2) is 0 Å². The number of nitrogens with zero attached hydrogens (tertiary/aromatic N) is 1. The predicted octanol–water partition coefficient (Wildman–Crippen LogP) is -0.541. The Hall–Kier alpha value is -0.650. The highest BCUT2D eigenvalue weighted by molar-refractivity contribution is 5.81. The molecule has 0 bridgehead atoms. The molecule has 0 aromatic carbocycles. The first-order valence-corrected chi connectivity index (χ1v) is 5.58. The average molecular weight is 215 g/mol. The zero-order valence-electron chi connectivity index (χ0n) is 9.28. The van der Waals surface area contributed by atoms with Crippen molar-refractivity contribution < 1.29 is 9.90 Å². The standard InChI is InChI=1S/C10H21N3O2/c1-2-3-9(10(15)12-11)13-5-4-8(6-13)7-14/h8-9,14H,2-7,11H2,1H3,(H,12,15). The maximum Gasteiger partial charge on any atom is 0.251 e. The lowest BCUT2D eigenvalue weighted by Gasteiger charge is -2.25. The van der Waals surface area contributed by atoms with Crippen LogP contribution in [-0.4, -0.2) is 41.7 Å². The largest absolute Gasteiger partial charge is 0.396 e. The molecule has 0 radical (unpaired) electrons. The van der Waals surface area contributed by atoms with Crippen LogP contribution in [0.4, 0.5) is 0 Å². The van der Waals surface area contributed by atoms with Crippen LogP contribution >= 0.6 is 0 Å². The van der Waals surface area contributed by atoms with Crippen LogP contribution in [0.1, 0.15) is 26.2 Å². The van der Waals surface area contributed by atoms with Crippen LogP contribution in [0.25, 0.3) is 0 Å². The number of likely N-dealkylation sites (tertiary alicyclic amines) is 1. The van der Waals surface area contributed by atoms with Gasteiger partial charge in [0.05, 0.1) is 6.04 Å².